The summed E-state index contributed by atoms with van der Waals surface area (Å²) in [4.78, 5) is 4.66. The van der Waals surface area contributed by atoms with Gasteiger partial charge in [0, 0.05) is 16.1 Å². The Kier molecular flexibility index (Phi) is 5.17. The van der Waals surface area contributed by atoms with Crippen LogP contribution in [0.1, 0.15) is 11.3 Å². The van der Waals surface area contributed by atoms with Crippen molar-refractivity contribution in [2.75, 3.05) is 0 Å². The van der Waals surface area contributed by atoms with Crippen molar-refractivity contribution in [3.8, 4) is 33.6 Å². The lowest BCUT2D eigenvalue weighted by Gasteiger charge is -2.12. The molecule has 164 valence electrons. The molecule has 0 N–H and O–H groups in total. The van der Waals surface area contributed by atoms with Crippen LogP contribution in [-0.4, -0.2) is 14.6 Å². The minimum absolute atomic E-state index is 0.126. The summed E-state index contributed by atoms with van der Waals surface area (Å²) in [5, 5.41) is 4.93. The maximum atomic E-state index is 14.2. The van der Waals surface area contributed by atoms with Gasteiger partial charge < -0.3 is 0 Å². The summed E-state index contributed by atoms with van der Waals surface area (Å²) in [6, 6.07) is 24.3. The first-order valence-electron chi connectivity index (χ1n) is 10.2. The number of benzene rings is 3. The van der Waals surface area contributed by atoms with E-state index >= 15 is 0 Å². The molecule has 5 rings (SSSR count). The largest absolute Gasteiger partial charge is 0.433 e. The van der Waals surface area contributed by atoms with Gasteiger partial charge in [-0.25, -0.2) is 9.50 Å². The summed E-state index contributed by atoms with van der Waals surface area (Å²) >= 11 is 6.07. The van der Waals surface area contributed by atoms with Crippen molar-refractivity contribution in [3.63, 3.8) is 0 Å². The van der Waals surface area contributed by atoms with Gasteiger partial charge in [-0.2, -0.15) is 18.3 Å². The zero-order valence-electron chi connectivity index (χ0n) is 17.4. The van der Waals surface area contributed by atoms with Crippen LogP contribution in [0.5, 0.6) is 0 Å². The molecule has 0 unspecified atom stereocenters. The molecule has 0 saturated carbocycles. The number of aromatic nitrogens is 3. The van der Waals surface area contributed by atoms with Gasteiger partial charge in [0.1, 0.15) is 5.69 Å². The molecule has 2 heterocycles. The third kappa shape index (κ3) is 3.98. The minimum atomic E-state index is -4.63. The first-order chi connectivity index (χ1) is 15.8. The van der Waals surface area contributed by atoms with E-state index in [9.17, 15) is 13.2 Å². The zero-order chi connectivity index (χ0) is 23.2. The van der Waals surface area contributed by atoms with Crippen molar-refractivity contribution >= 4 is 17.2 Å². The highest BCUT2D eigenvalue weighted by Crippen LogP contribution is 2.39. The highest BCUT2D eigenvalue weighted by molar-refractivity contribution is 6.30. The molecular weight excluding hydrogens is 447 g/mol. The van der Waals surface area contributed by atoms with Crippen LogP contribution in [-0.2, 0) is 6.18 Å². The predicted octanol–water partition coefficient (Wildman–Crippen LogP) is 7.71. The Bertz CT molecular complexity index is 1440. The number of fused-ring (bicyclic) bond motifs is 1. The van der Waals surface area contributed by atoms with Crippen molar-refractivity contribution in [1.29, 1.82) is 0 Å². The molecule has 2 aromatic heterocycles. The Balaban J connectivity index is 1.89. The van der Waals surface area contributed by atoms with Gasteiger partial charge in [0.25, 0.3) is 0 Å². The maximum absolute atomic E-state index is 14.2. The molecule has 0 aliphatic heterocycles. The van der Waals surface area contributed by atoms with Crippen molar-refractivity contribution in [3.05, 3.63) is 101 Å². The van der Waals surface area contributed by atoms with Crippen LogP contribution in [0.25, 0.3) is 39.3 Å². The summed E-state index contributed by atoms with van der Waals surface area (Å²) in [7, 11) is 0. The van der Waals surface area contributed by atoms with Crippen LogP contribution in [0.15, 0.2) is 84.9 Å². The van der Waals surface area contributed by atoms with E-state index in [0.29, 0.717) is 33.0 Å². The number of hydrogen-bond acceptors (Lipinski definition) is 2. The van der Waals surface area contributed by atoms with Crippen molar-refractivity contribution in [2.24, 2.45) is 0 Å². The van der Waals surface area contributed by atoms with Gasteiger partial charge in [0.05, 0.1) is 11.3 Å². The predicted molar refractivity (Wildman–Crippen MR) is 124 cm³/mol. The van der Waals surface area contributed by atoms with Crippen molar-refractivity contribution < 1.29 is 13.2 Å². The zero-order valence-corrected chi connectivity index (χ0v) is 18.2. The number of nitrogens with zero attached hydrogens (tertiary/aromatic N) is 3. The van der Waals surface area contributed by atoms with Crippen LogP contribution in [0.2, 0.25) is 5.02 Å². The minimum Gasteiger partial charge on any atom is -0.228 e. The second kappa shape index (κ2) is 8.05. The molecule has 5 aromatic rings. The molecule has 3 nitrogen and oxygen atoms in total. The molecule has 0 atom stereocenters. The fraction of sp³-hybridized carbons (Fsp3) is 0.0769. The van der Waals surface area contributed by atoms with E-state index in [2.05, 4.69) is 10.1 Å². The number of aryl methyl sites for hydroxylation is 1. The lowest BCUT2D eigenvalue weighted by atomic mass is 10.0. The molecule has 33 heavy (non-hydrogen) atoms. The van der Waals surface area contributed by atoms with Gasteiger partial charge in [-0.05, 0) is 30.7 Å². The van der Waals surface area contributed by atoms with E-state index in [4.69, 9.17) is 11.6 Å². The van der Waals surface area contributed by atoms with E-state index < -0.39 is 11.9 Å². The average Bonchev–Trinajstić information content (AvgIpc) is 3.19. The lowest BCUT2D eigenvalue weighted by molar-refractivity contribution is -0.142. The van der Waals surface area contributed by atoms with Gasteiger partial charge >= 0.3 is 6.18 Å². The fourth-order valence-corrected chi connectivity index (χ4v) is 3.90. The van der Waals surface area contributed by atoms with E-state index in [-0.39, 0.29) is 11.3 Å². The Morgan fingerprint density at radius 2 is 1.42 bits per heavy atom. The van der Waals surface area contributed by atoms with E-state index in [1.54, 1.807) is 36.4 Å². The normalized spacial score (nSPS) is 11.8. The Labute approximate surface area is 193 Å². The molecule has 0 aliphatic rings. The highest BCUT2D eigenvalue weighted by atomic mass is 35.5. The second-order valence-electron chi connectivity index (χ2n) is 7.72. The number of rotatable bonds is 3. The van der Waals surface area contributed by atoms with Crippen LogP contribution in [0, 0.1) is 6.92 Å². The molecule has 3 aromatic carbocycles. The van der Waals surface area contributed by atoms with Gasteiger partial charge in [-0.15, -0.1) is 0 Å². The second-order valence-corrected chi connectivity index (χ2v) is 8.16. The van der Waals surface area contributed by atoms with E-state index in [1.165, 1.54) is 0 Å². The van der Waals surface area contributed by atoms with Gasteiger partial charge in [0.15, 0.2) is 11.3 Å². The summed E-state index contributed by atoms with van der Waals surface area (Å²) in [6.07, 6.45) is -4.63. The first-order valence-corrected chi connectivity index (χ1v) is 10.6. The topological polar surface area (TPSA) is 30.2 Å². The van der Waals surface area contributed by atoms with Crippen molar-refractivity contribution in [2.45, 2.75) is 13.1 Å². The SMILES string of the molecule is Cc1ccc(-c2cc(C(F)(F)F)n3nc(-c4ccccc4)c(-c4ccc(Cl)cc4)c3n2)cc1. The molecule has 7 heteroatoms. The summed E-state index contributed by atoms with van der Waals surface area (Å²) in [5.41, 5.74) is 3.36. The quantitative estimate of drug-likeness (QED) is 0.274. The third-order valence-corrected chi connectivity index (χ3v) is 5.66. The Morgan fingerprint density at radius 1 is 0.788 bits per heavy atom. The molecule has 0 radical (unpaired) electrons. The van der Waals surface area contributed by atoms with Crippen LogP contribution >= 0.6 is 11.6 Å². The summed E-state index contributed by atoms with van der Waals surface area (Å²) < 4.78 is 43.4. The van der Waals surface area contributed by atoms with Crippen molar-refractivity contribution in [1.82, 2.24) is 14.6 Å². The molecule has 0 fully saturated rings. The van der Waals surface area contributed by atoms with Crippen LogP contribution < -0.4 is 0 Å². The van der Waals surface area contributed by atoms with Gasteiger partial charge in [-0.3, -0.25) is 0 Å². The number of halogens is 4. The number of hydrogen-bond donors (Lipinski definition) is 0. The first kappa shape index (κ1) is 21.2. The molecule has 0 aliphatic carbocycles. The molecule has 0 spiro atoms. The molecular formula is C26H17ClF3N3. The van der Waals surface area contributed by atoms with E-state index in [0.717, 1.165) is 16.1 Å². The third-order valence-electron chi connectivity index (χ3n) is 5.41. The standard InChI is InChI=1S/C26H17ClF3N3/c1-16-7-9-17(10-8-16)21-15-22(26(28,29)30)33-25(31-21)23(18-11-13-20(27)14-12-18)24(32-33)19-5-3-2-4-6-19/h2-15H,1H3. The smallest absolute Gasteiger partial charge is 0.228 e. The molecule has 0 amide bonds. The Morgan fingerprint density at radius 3 is 2.06 bits per heavy atom. The summed E-state index contributed by atoms with van der Waals surface area (Å²) in [5.74, 6) is 0. The number of alkyl halides is 3. The average molecular weight is 464 g/mol. The maximum Gasteiger partial charge on any atom is 0.433 e. The highest BCUT2D eigenvalue weighted by Gasteiger charge is 2.36. The van der Waals surface area contributed by atoms with Crippen LogP contribution in [0.4, 0.5) is 13.2 Å². The lowest BCUT2D eigenvalue weighted by Crippen LogP contribution is -2.13. The van der Waals surface area contributed by atoms with Gasteiger partial charge in [-0.1, -0.05) is 83.9 Å². The van der Waals surface area contributed by atoms with Crippen LogP contribution in [0.3, 0.4) is 0 Å². The Hall–Kier alpha value is -3.64. The fourth-order valence-electron chi connectivity index (χ4n) is 3.77. The summed E-state index contributed by atoms with van der Waals surface area (Å²) in [6.45, 7) is 1.92. The monoisotopic (exact) mass is 463 g/mol. The van der Waals surface area contributed by atoms with Gasteiger partial charge in [0.2, 0.25) is 0 Å². The van der Waals surface area contributed by atoms with E-state index in [1.807, 2.05) is 49.4 Å². The molecule has 0 saturated heterocycles. The molecule has 0 bridgehead atoms.